The molecule has 0 aromatic carbocycles. The first kappa shape index (κ1) is 15.8. The highest BCUT2D eigenvalue weighted by atomic mass is 32.3. The molecule has 0 radical (unpaired) electrons. The summed E-state index contributed by atoms with van der Waals surface area (Å²) in [5, 5.41) is 8.69. The van der Waals surface area contributed by atoms with E-state index in [4.69, 9.17) is 22.6 Å². The van der Waals surface area contributed by atoms with Crippen LogP contribution < -0.4 is 0 Å². The minimum absolute atomic E-state index is 0.298. The minimum atomic E-state index is -4.67. The van der Waals surface area contributed by atoms with Gasteiger partial charge in [0.1, 0.15) is 0 Å². The average molecular weight is 256 g/mol. The third-order valence-corrected chi connectivity index (χ3v) is 2.33. The largest absolute Gasteiger partial charge is 0.395 e. The summed E-state index contributed by atoms with van der Waals surface area (Å²) in [4.78, 5) is 4.75. The Morgan fingerprint density at radius 3 is 1.75 bits per heavy atom. The average Bonchev–Trinajstić information content (AvgIpc) is 2.17. The number of aliphatic hydroxyl groups is 1. The van der Waals surface area contributed by atoms with Gasteiger partial charge in [0.25, 0.3) is 0 Å². The minimum Gasteiger partial charge on any atom is -0.395 e. The summed E-state index contributed by atoms with van der Waals surface area (Å²) in [6, 6.07) is 0. The van der Waals surface area contributed by atoms with Gasteiger partial charge in [-0.3, -0.25) is 14.0 Å². The Morgan fingerprint density at radius 2 is 1.44 bits per heavy atom. The summed E-state index contributed by atoms with van der Waals surface area (Å²) >= 11 is 0. The lowest BCUT2D eigenvalue weighted by Gasteiger charge is -2.33. The van der Waals surface area contributed by atoms with Crippen molar-refractivity contribution in [3.63, 3.8) is 0 Å². The molecule has 0 saturated carbocycles. The van der Waals surface area contributed by atoms with Gasteiger partial charge in [-0.2, -0.15) is 8.42 Å². The van der Waals surface area contributed by atoms with Crippen LogP contribution in [0, 0.1) is 0 Å². The van der Waals surface area contributed by atoms with Crippen molar-refractivity contribution in [1.29, 1.82) is 0 Å². The number of likely N-dealkylation sites (N-methyl/N-ethyl adjacent to an activating group) is 1. The van der Waals surface area contributed by atoms with Crippen molar-refractivity contribution in [3.05, 3.63) is 0 Å². The molecule has 1 heterocycles. The molecule has 16 heavy (non-hydrogen) atoms. The van der Waals surface area contributed by atoms with Crippen LogP contribution in [0.1, 0.15) is 6.92 Å². The molecule has 0 bridgehead atoms. The van der Waals surface area contributed by atoms with Gasteiger partial charge in [0.05, 0.1) is 6.61 Å². The van der Waals surface area contributed by atoms with Gasteiger partial charge in [-0.05, 0) is 6.54 Å². The number of β-amino-alcohol motifs (C(OH)–C–C–N with tert-alkyl or cyclic N) is 1. The molecule has 1 saturated heterocycles. The van der Waals surface area contributed by atoms with Crippen LogP contribution in [0.5, 0.6) is 0 Å². The van der Waals surface area contributed by atoms with Gasteiger partial charge in [-0.1, -0.05) is 6.92 Å². The number of nitrogens with zero attached hydrogens (tertiary/aromatic N) is 2. The van der Waals surface area contributed by atoms with Crippen LogP contribution in [0.15, 0.2) is 0 Å². The molecule has 98 valence electrons. The molecule has 0 unspecified atom stereocenters. The van der Waals surface area contributed by atoms with E-state index >= 15 is 0 Å². The first-order valence-corrected chi connectivity index (χ1v) is 6.52. The van der Waals surface area contributed by atoms with Gasteiger partial charge in [0, 0.05) is 32.7 Å². The number of aliphatic hydroxyl groups excluding tert-OH is 1. The number of hydrogen-bond donors (Lipinski definition) is 3. The molecule has 0 aromatic rings. The second kappa shape index (κ2) is 7.93. The second-order valence-electron chi connectivity index (χ2n) is 3.45. The highest BCUT2D eigenvalue weighted by Crippen LogP contribution is 1.99. The maximum Gasteiger partial charge on any atom is 0.394 e. The summed E-state index contributed by atoms with van der Waals surface area (Å²) < 4.78 is 31.6. The van der Waals surface area contributed by atoms with E-state index < -0.39 is 10.4 Å². The Labute approximate surface area is 96.2 Å². The van der Waals surface area contributed by atoms with Crippen LogP contribution >= 0.6 is 0 Å². The van der Waals surface area contributed by atoms with Crippen molar-refractivity contribution in [2.24, 2.45) is 0 Å². The summed E-state index contributed by atoms with van der Waals surface area (Å²) in [5.41, 5.74) is 0. The van der Waals surface area contributed by atoms with Gasteiger partial charge < -0.3 is 10.0 Å². The molecule has 0 aliphatic carbocycles. The number of rotatable bonds is 3. The Morgan fingerprint density at radius 1 is 1.06 bits per heavy atom. The molecule has 1 rings (SSSR count). The van der Waals surface area contributed by atoms with E-state index in [1.807, 2.05) is 0 Å². The Hall–Kier alpha value is -0.250. The van der Waals surface area contributed by atoms with E-state index in [1.165, 1.54) is 0 Å². The molecular formula is C8H20N2O5S. The van der Waals surface area contributed by atoms with Crippen molar-refractivity contribution in [3.8, 4) is 0 Å². The fourth-order valence-corrected chi connectivity index (χ4v) is 1.47. The number of hydrogen-bond acceptors (Lipinski definition) is 5. The third kappa shape index (κ3) is 10.3. The highest BCUT2D eigenvalue weighted by molar-refractivity contribution is 7.79. The van der Waals surface area contributed by atoms with E-state index in [-0.39, 0.29) is 0 Å². The summed E-state index contributed by atoms with van der Waals surface area (Å²) in [5.74, 6) is 0. The van der Waals surface area contributed by atoms with Crippen LogP contribution in [0.4, 0.5) is 0 Å². The Kier molecular flexibility index (Phi) is 7.81. The Balaban J connectivity index is 0.000000385. The van der Waals surface area contributed by atoms with Crippen molar-refractivity contribution in [2.75, 3.05) is 45.9 Å². The molecule has 1 aliphatic heterocycles. The molecule has 0 aromatic heterocycles. The summed E-state index contributed by atoms with van der Waals surface area (Å²) in [6.45, 7) is 9.06. The molecule has 0 atom stereocenters. The normalized spacial score (nSPS) is 19.0. The molecule has 1 fully saturated rings. The highest BCUT2D eigenvalue weighted by Gasteiger charge is 2.13. The van der Waals surface area contributed by atoms with E-state index in [0.717, 1.165) is 39.3 Å². The van der Waals surface area contributed by atoms with E-state index in [1.54, 1.807) is 0 Å². The predicted octanol–water partition coefficient (Wildman–Crippen LogP) is -1.04. The van der Waals surface area contributed by atoms with Crippen molar-refractivity contribution in [1.82, 2.24) is 9.80 Å². The summed E-state index contributed by atoms with van der Waals surface area (Å²) in [7, 11) is -4.67. The second-order valence-corrected chi connectivity index (χ2v) is 4.34. The van der Waals surface area contributed by atoms with Crippen LogP contribution in [-0.4, -0.2) is 78.3 Å². The quantitative estimate of drug-likeness (QED) is 0.555. The maximum absolute atomic E-state index is 8.74. The van der Waals surface area contributed by atoms with E-state index in [0.29, 0.717) is 6.61 Å². The molecule has 1 aliphatic rings. The topological polar surface area (TPSA) is 101 Å². The molecule has 8 heteroatoms. The molecule has 3 N–H and O–H groups in total. The standard InChI is InChI=1S/C8H18N2O.H2O4S/c1-2-9-3-5-10(6-4-9)7-8-11;1-5(2,3)4/h11H,2-8H2,1H3;(H2,1,2,3,4). The zero-order valence-corrected chi connectivity index (χ0v) is 10.2. The van der Waals surface area contributed by atoms with E-state index in [9.17, 15) is 0 Å². The lowest BCUT2D eigenvalue weighted by molar-refractivity contribution is 0.116. The SMILES string of the molecule is CCN1CCN(CCO)CC1.O=S(=O)(O)O. The first-order valence-electron chi connectivity index (χ1n) is 5.12. The fraction of sp³-hybridized carbons (Fsp3) is 1.00. The van der Waals surface area contributed by atoms with Gasteiger partial charge in [-0.15, -0.1) is 0 Å². The van der Waals surface area contributed by atoms with Crippen LogP contribution in [0.3, 0.4) is 0 Å². The zero-order valence-electron chi connectivity index (χ0n) is 9.41. The Bertz CT molecular complexity index is 254. The zero-order chi connectivity index (χ0) is 12.6. The molecular weight excluding hydrogens is 236 g/mol. The summed E-state index contributed by atoms with van der Waals surface area (Å²) in [6.07, 6.45) is 0. The van der Waals surface area contributed by atoms with Gasteiger partial charge in [0.2, 0.25) is 0 Å². The first-order chi connectivity index (χ1) is 7.36. The third-order valence-electron chi connectivity index (χ3n) is 2.33. The fourth-order valence-electron chi connectivity index (χ4n) is 1.47. The molecule has 0 amide bonds. The molecule has 0 spiro atoms. The van der Waals surface area contributed by atoms with Gasteiger partial charge >= 0.3 is 10.4 Å². The van der Waals surface area contributed by atoms with Gasteiger partial charge in [-0.25, -0.2) is 0 Å². The lowest BCUT2D eigenvalue weighted by Crippen LogP contribution is -2.46. The van der Waals surface area contributed by atoms with Crippen LogP contribution in [-0.2, 0) is 10.4 Å². The van der Waals surface area contributed by atoms with Crippen LogP contribution in [0.2, 0.25) is 0 Å². The maximum atomic E-state index is 8.74. The molecule has 7 nitrogen and oxygen atoms in total. The number of piperazine rings is 1. The smallest absolute Gasteiger partial charge is 0.394 e. The lowest BCUT2D eigenvalue weighted by atomic mass is 10.3. The van der Waals surface area contributed by atoms with E-state index in [2.05, 4.69) is 16.7 Å². The van der Waals surface area contributed by atoms with Crippen molar-refractivity contribution >= 4 is 10.4 Å². The van der Waals surface area contributed by atoms with Crippen molar-refractivity contribution in [2.45, 2.75) is 6.92 Å². The van der Waals surface area contributed by atoms with Crippen LogP contribution in [0.25, 0.3) is 0 Å². The van der Waals surface area contributed by atoms with Crippen molar-refractivity contribution < 1.29 is 22.6 Å². The monoisotopic (exact) mass is 256 g/mol. The predicted molar refractivity (Wildman–Crippen MR) is 59.8 cm³/mol. The van der Waals surface area contributed by atoms with Gasteiger partial charge in [0.15, 0.2) is 0 Å².